The van der Waals surface area contributed by atoms with Gasteiger partial charge in [-0.15, -0.1) is 0 Å². The fourth-order valence-electron chi connectivity index (χ4n) is 0.944. The molecule has 1 N–H and O–H groups in total. The van der Waals surface area contributed by atoms with Gasteiger partial charge in [0.2, 0.25) is 0 Å². The van der Waals surface area contributed by atoms with E-state index in [2.05, 4.69) is 12.0 Å². The number of hydrogen-bond donors (Lipinski definition) is 1. The van der Waals surface area contributed by atoms with Crippen molar-refractivity contribution in [3.05, 3.63) is 0 Å². The Labute approximate surface area is 85.6 Å². The van der Waals surface area contributed by atoms with Gasteiger partial charge in [-0.05, 0) is 33.6 Å². The van der Waals surface area contributed by atoms with Crippen LogP contribution in [0.2, 0.25) is 0 Å². The lowest BCUT2D eigenvalue weighted by molar-refractivity contribution is 0.103. The molecule has 0 rings (SSSR count). The minimum atomic E-state index is -1.01. The molecule has 1 amide bonds. The van der Waals surface area contributed by atoms with Crippen molar-refractivity contribution in [2.45, 2.75) is 52.5 Å². The van der Waals surface area contributed by atoms with E-state index in [9.17, 15) is 4.79 Å². The lowest BCUT2D eigenvalue weighted by Gasteiger charge is -2.27. The molecule has 0 atom stereocenters. The monoisotopic (exact) mass is 200 g/mol. The maximum atomic E-state index is 10.8. The van der Waals surface area contributed by atoms with Crippen molar-refractivity contribution in [1.29, 1.82) is 0 Å². The number of carboxylic acid groups (broad SMARTS) is 1. The van der Waals surface area contributed by atoms with Crippen LogP contribution in [0.5, 0.6) is 0 Å². The summed E-state index contributed by atoms with van der Waals surface area (Å²) in [5.74, 6) is 0. The van der Waals surface area contributed by atoms with Crippen molar-refractivity contribution in [2.24, 2.45) is 5.10 Å². The van der Waals surface area contributed by atoms with Gasteiger partial charge < -0.3 is 5.11 Å². The molecule has 0 spiro atoms. The molecule has 0 aliphatic carbocycles. The Hall–Kier alpha value is -1.06. The largest absolute Gasteiger partial charge is 0.464 e. The van der Waals surface area contributed by atoms with E-state index in [0.717, 1.165) is 24.3 Å². The van der Waals surface area contributed by atoms with Crippen LogP contribution in [0, 0.1) is 0 Å². The topological polar surface area (TPSA) is 52.9 Å². The maximum absolute atomic E-state index is 10.8. The predicted molar refractivity (Wildman–Crippen MR) is 57.6 cm³/mol. The molecule has 0 aromatic heterocycles. The highest BCUT2D eigenvalue weighted by Gasteiger charge is 2.25. The molecule has 4 nitrogen and oxygen atoms in total. The van der Waals surface area contributed by atoms with Gasteiger partial charge in [0.1, 0.15) is 0 Å². The van der Waals surface area contributed by atoms with Crippen LogP contribution >= 0.6 is 0 Å². The minimum Gasteiger partial charge on any atom is -0.464 e. The van der Waals surface area contributed by atoms with Gasteiger partial charge in [-0.1, -0.05) is 13.3 Å². The molecule has 0 saturated carbocycles. The van der Waals surface area contributed by atoms with E-state index in [1.54, 1.807) is 6.21 Å². The van der Waals surface area contributed by atoms with E-state index in [1.165, 1.54) is 0 Å². The molecule has 0 fully saturated rings. The van der Waals surface area contributed by atoms with Crippen LogP contribution < -0.4 is 0 Å². The van der Waals surface area contributed by atoms with Crippen LogP contribution in [0.4, 0.5) is 4.79 Å². The molecule has 0 radical (unpaired) electrons. The molecular weight excluding hydrogens is 180 g/mol. The molecular formula is C10H20N2O2. The van der Waals surface area contributed by atoms with E-state index in [4.69, 9.17) is 5.11 Å². The maximum Gasteiger partial charge on any atom is 0.428 e. The Balaban J connectivity index is 4.25. The smallest absolute Gasteiger partial charge is 0.428 e. The zero-order valence-corrected chi connectivity index (χ0v) is 9.45. The van der Waals surface area contributed by atoms with Crippen molar-refractivity contribution in [2.75, 3.05) is 0 Å². The molecule has 0 aliphatic rings. The summed E-state index contributed by atoms with van der Waals surface area (Å²) >= 11 is 0. The Kier molecular flexibility index (Phi) is 5.20. The molecule has 4 heteroatoms. The van der Waals surface area contributed by atoms with Crippen LogP contribution in [-0.4, -0.2) is 28.0 Å². The minimum absolute atomic E-state index is 0.478. The first-order valence-corrected chi connectivity index (χ1v) is 4.95. The number of amides is 1. The Morgan fingerprint density at radius 2 is 2.07 bits per heavy atom. The SMILES string of the molecule is CCCC/C=N\N(C(=O)O)C(C)(C)C. The zero-order valence-electron chi connectivity index (χ0n) is 9.45. The summed E-state index contributed by atoms with van der Waals surface area (Å²) in [6.07, 6.45) is 3.62. The van der Waals surface area contributed by atoms with Gasteiger partial charge in [0.25, 0.3) is 0 Å². The number of hydrogen-bond acceptors (Lipinski definition) is 2. The summed E-state index contributed by atoms with van der Waals surface area (Å²) in [6.45, 7) is 7.54. The third-order valence-electron chi connectivity index (χ3n) is 1.70. The first kappa shape index (κ1) is 12.9. The normalized spacial score (nSPS) is 12.0. The number of carbonyl (C=O) groups is 1. The highest BCUT2D eigenvalue weighted by molar-refractivity contribution is 5.68. The van der Waals surface area contributed by atoms with Crippen LogP contribution in [0.3, 0.4) is 0 Å². The quantitative estimate of drug-likeness (QED) is 0.431. The predicted octanol–water partition coefficient (Wildman–Crippen LogP) is 2.94. The van der Waals surface area contributed by atoms with E-state index in [0.29, 0.717) is 0 Å². The van der Waals surface area contributed by atoms with Crippen molar-refractivity contribution in [3.63, 3.8) is 0 Å². The fraction of sp³-hybridized carbons (Fsp3) is 0.800. The Morgan fingerprint density at radius 1 is 1.50 bits per heavy atom. The molecule has 0 saturated heterocycles. The van der Waals surface area contributed by atoms with E-state index in [-0.39, 0.29) is 0 Å². The molecule has 0 aromatic rings. The third kappa shape index (κ3) is 4.84. The molecule has 0 bridgehead atoms. The fourth-order valence-corrected chi connectivity index (χ4v) is 0.944. The van der Waals surface area contributed by atoms with Gasteiger partial charge in [-0.25, -0.2) is 4.79 Å². The summed E-state index contributed by atoms with van der Waals surface area (Å²) in [6, 6.07) is 0. The second-order valence-electron chi connectivity index (χ2n) is 4.21. The summed E-state index contributed by atoms with van der Waals surface area (Å²) in [7, 11) is 0. The summed E-state index contributed by atoms with van der Waals surface area (Å²) < 4.78 is 0. The van der Waals surface area contributed by atoms with Crippen molar-refractivity contribution >= 4 is 12.3 Å². The van der Waals surface area contributed by atoms with Crippen LogP contribution in [0.15, 0.2) is 5.10 Å². The second-order valence-corrected chi connectivity index (χ2v) is 4.21. The third-order valence-corrected chi connectivity index (χ3v) is 1.70. The van der Waals surface area contributed by atoms with Gasteiger partial charge in [0, 0.05) is 6.21 Å². The van der Waals surface area contributed by atoms with Gasteiger partial charge in [0.05, 0.1) is 5.54 Å². The number of nitrogens with zero attached hydrogens (tertiary/aromatic N) is 2. The molecule has 0 aromatic carbocycles. The Bertz CT molecular complexity index is 207. The number of unbranched alkanes of at least 4 members (excludes halogenated alkanes) is 2. The molecule has 82 valence electrons. The van der Waals surface area contributed by atoms with Gasteiger partial charge in [-0.3, -0.25) is 0 Å². The molecule has 0 heterocycles. The van der Waals surface area contributed by atoms with E-state index >= 15 is 0 Å². The van der Waals surface area contributed by atoms with Gasteiger partial charge in [-0.2, -0.15) is 10.1 Å². The highest BCUT2D eigenvalue weighted by atomic mass is 16.4. The first-order valence-electron chi connectivity index (χ1n) is 4.95. The lowest BCUT2D eigenvalue weighted by Crippen LogP contribution is -2.40. The highest BCUT2D eigenvalue weighted by Crippen LogP contribution is 2.13. The Morgan fingerprint density at radius 3 is 2.43 bits per heavy atom. The molecule has 14 heavy (non-hydrogen) atoms. The lowest BCUT2D eigenvalue weighted by atomic mass is 10.1. The standard InChI is InChI=1S/C10H20N2O2/c1-5-6-7-8-11-12(9(13)14)10(2,3)4/h8H,5-7H2,1-4H3,(H,13,14)/b11-8-. The van der Waals surface area contributed by atoms with Crippen LogP contribution in [-0.2, 0) is 0 Å². The van der Waals surface area contributed by atoms with Gasteiger partial charge >= 0.3 is 6.09 Å². The van der Waals surface area contributed by atoms with E-state index in [1.807, 2.05) is 20.8 Å². The molecule has 0 unspecified atom stereocenters. The average Bonchev–Trinajstić information content (AvgIpc) is 2.01. The summed E-state index contributed by atoms with van der Waals surface area (Å²) in [5.41, 5.74) is -0.478. The zero-order chi connectivity index (χ0) is 11.2. The van der Waals surface area contributed by atoms with Crippen LogP contribution in [0.25, 0.3) is 0 Å². The van der Waals surface area contributed by atoms with Gasteiger partial charge in [0.15, 0.2) is 0 Å². The first-order chi connectivity index (χ1) is 6.39. The average molecular weight is 200 g/mol. The molecule has 0 aliphatic heterocycles. The van der Waals surface area contributed by atoms with E-state index < -0.39 is 11.6 Å². The van der Waals surface area contributed by atoms with Crippen molar-refractivity contribution < 1.29 is 9.90 Å². The van der Waals surface area contributed by atoms with Crippen molar-refractivity contribution in [1.82, 2.24) is 5.01 Å². The number of hydrazone groups is 1. The second kappa shape index (κ2) is 5.62. The summed E-state index contributed by atoms with van der Waals surface area (Å²) in [5, 5.41) is 13.9. The number of rotatable bonds is 4. The summed E-state index contributed by atoms with van der Waals surface area (Å²) in [4.78, 5) is 10.8. The van der Waals surface area contributed by atoms with Crippen molar-refractivity contribution in [3.8, 4) is 0 Å². The van der Waals surface area contributed by atoms with Crippen LogP contribution in [0.1, 0.15) is 47.0 Å².